The van der Waals surface area contributed by atoms with Gasteiger partial charge >= 0.3 is 0 Å². The Labute approximate surface area is 103 Å². The SMILES string of the molecule is COc1cc(Br)c(O)c([C@H](N)CN)c1.Cl. The van der Waals surface area contributed by atoms with Crippen LogP contribution in [0.1, 0.15) is 11.6 Å². The van der Waals surface area contributed by atoms with E-state index in [2.05, 4.69) is 15.9 Å². The lowest BCUT2D eigenvalue weighted by Gasteiger charge is -2.13. The minimum absolute atomic E-state index is 0. The summed E-state index contributed by atoms with van der Waals surface area (Å²) in [6, 6.07) is 2.96. The Bertz CT molecular complexity index is 336. The molecule has 0 saturated carbocycles. The molecule has 1 aromatic carbocycles. The monoisotopic (exact) mass is 296 g/mol. The minimum Gasteiger partial charge on any atom is -0.506 e. The van der Waals surface area contributed by atoms with Crippen LogP contribution >= 0.6 is 28.3 Å². The van der Waals surface area contributed by atoms with Crippen LogP contribution in [-0.2, 0) is 0 Å². The molecule has 0 heterocycles. The predicted molar refractivity (Wildman–Crippen MR) is 65.6 cm³/mol. The van der Waals surface area contributed by atoms with Gasteiger partial charge in [-0.25, -0.2) is 0 Å². The molecule has 4 nitrogen and oxygen atoms in total. The van der Waals surface area contributed by atoms with Crippen LogP contribution in [0.25, 0.3) is 0 Å². The molecular formula is C9H14BrClN2O2. The highest BCUT2D eigenvalue weighted by molar-refractivity contribution is 9.10. The standard InChI is InChI=1S/C9H13BrN2O2.ClH/c1-14-5-2-6(8(12)4-11)9(13)7(10)3-5;/h2-3,8,13H,4,11-12H2,1H3;1H/t8-;/m1./s1. The molecule has 0 unspecified atom stereocenters. The van der Waals surface area contributed by atoms with E-state index in [1.165, 1.54) is 0 Å². The number of nitrogens with two attached hydrogens (primary N) is 2. The Kier molecular flexibility index (Phi) is 5.97. The highest BCUT2D eigenvalue weighted by atomic mass is 79.9. The number of hydrogen-bond donors (Lipinski definition) is 3. The van der Waals surface area contributed by atoms with Gasteiger partial charge in [0.15, 0.2) is 0 Å². The fraction of sp³-hybridized carbons (Fsp3) is 0.333. The van der Waals surface area contributed by atoms with Gasteiger partial charge in [0, 0.05) is 18.2 Å². The average molecular weight is 298 g/mol. The average Bonchev–Trinajstić information content (AvgIpc) is 2.20. The molecule has 0 aliphatic carbocycles. The van der Waals surface area contributed by atoms with Gasteiger partial charge in [0.2, 0.25) is 0 Å². The van der Waals surface area contributed by atoms with Crippen LogP contribution in [0.2, 0.25) is 0 Å². The first kappa shape index (κ1) is 14.5. The molecule has 1 atom stereocenters. The number of aromatic hydroxyl groups is 1. The Morgan fingerprint density at radius 1 is 1.53 bits per heavy atom. The zero-order valence-corrected chi connectivity index (χ0v) is 10.6. The van der Waals surface area contributed by atoms with Crippen molar-refractivity contribution >= 4 is 28.3 Å². The summed E-state index contributed by atoms with van der Waals surface area (Å²) in [7, 11) is 1.55. The third-order valence-electron chi connectivity index (χ3n) is 1.96. The lowest BCUT2D eigenvalue weighted by Crippen LogP contribution is -2.20. The molecule has 0 radical (unpaired) electrons. The molecule has 0 amide bonds. The van der Waals surface area contributed by atoms with Gasteiger partial charge in [-0.15, -0.1) is 12.4 Å². The first-order valence-electron chi connectivity index (χ1n) is 4.12. The summed E-state index contributed by atoms with van der Waals surface area (Å²) in [6.07, 6.45) is 0. The minimum atomic E-state index is -0.388. The highest BCUT2D eigenvalue weighted by Crippen LogP contribution is 2.34. The number of ether oxygens (including phenoxy) is 1. The van der Waals surface area contributed by atoms with Crippen LogP contribution in [0.4, 0.5) is 0 Å². The third-order valence-corrected chi connectivity index (χ3v) is 2.56. The van der Waals surface area contributed by atoms with Gasteiger partial charge in [-0.05, 0) is 28.1 Å². The van der Waals surface area contributed by atoms with Crippen LogP contribution in [0.5, 0.6) is 11.5 Å². The molecule has 1 rings (SSSR count). The van der Waals surface area contributed by atoms with Gasteiger partial charge in [0.05, 0.1) is 11.6 Å². The Morgan fingerprint density at radius 3 is 2.60 bits per heavy atom. The summed E-state index contributed by atoms with van der Waals surface area (Å²) in [5, 5.41) is 9.68. The lowest BCUT2D eigenvalue weighted by atomic mass is 10.1. The van der Waals surface area contributed by atoms with Crippen molar-refractivity contribution in [2.75, 3.05) is 13.7 Å². The molecule has 0 fully saturated rings. The number of benzene rings is 1. The van der Waals surface area contributed by atoms with Gasteiger partial charge in [0.1, 0.15) is 11.5 Å². The molecule has 15 heavy (non-hydrogen) atoms. The number of hydrogen-bond acceptors (Lipinski definition) is 4. The molecule has 0 spiro atoms. The third kappa shape index (κ3) is 3.24. The maximum absolute atomic E-state index is 9.68. The molecular weight excluding hydrogens is 283 g/mol. The lowest BCUT2D eigenvalue weighted by molar-refractivity contribution is 0.408. The first-order chi connectivity index (χ1) is 6.60. The summed E-state index contributed by atoms with van der Waals surface area (Å²) in [6.45, 7) is 0.271. The number of rotatable bonds is 3. The number of phenols is 1. The van der Waals surface area contributed by atoms with Gasteiger partial charge in [-0.1, -0.05) is 0 Å². The van der Waals surface area contributed by atoms with Crippen LogP contribution in [0, 0.1) is 0 Å². The van der Waals surface area contributed by atoms with Crippen LogP contribution in [0.15, 0.2) is 16.6 Å². The van der Waals surface area contributed by atoms with Crippen molar-refractivity contribution in [1.82, 2.24) is 0 Å². The van der Waals surface area contributed by atoms with Crippen molar-refractivity contribution in [3.05, 3.63) is 22.2 Å². The van der Waals surface area contributed by atoms with Crippen LogP contribution in [0.3, 0.4) is 0 Å². The summed E-state index contributed by atoms with van der Waals surface area (Å²) >= 11 is 3.21. The second kappa shape index (κ2) is 6.17. The molecule has 5 N–H and O–H groups in total. The molecule has 6 heteroatoms. The van der Waals surface area contributed by atoms with E-state index in [0.717, 1.165) is 0 Å². The molecule has 0 aliphatic heterocycles. The van der Waals surface area contributed by atoms with Gasteiger partial charge in [0.25, 0.3) is 0 Å². The highest BCUT2D eigenvalue weighted by Gasteiger charge is 2.13. The summed E-state index contributed by atoms with van der Waals surface area (Å²) in [5.41, 5.74) is 11.7. The van der Waals surface area contributed by atoms with Crippen molar-refractivity contribution in [3.8, 4) is 11.5 Å². The maximum Gasteiger partial charge on any atom is 0.134 e. The van der Waals surface area contributed by atoms with E-state index in [1.807, 2.05) is 0 Å². The fourth-order valence-electron chi connectivity index (χ4n) is 1.12. The van der Waals surface area contributed by atoms with E-state index in [4.69, 9.17) is 16.2 Å². The molecule has 0 bridgehead atoms. The molecule has 0 saturated heterocycles. The van der Waals surface area contributed by atoms with E-state index in [1.54, 1.807) is 19.2 Å². The van der Waals surface area contributed by atoms with Crippen molar-refractivity contribution in [2.24, 2.45) is 11.5 Å². The second-order valence-electron chi connectivity index (χ2n) is 2.89. The fourth-order valence-corrected chi connectivity index (χ4v) is 1.58. The predicted octanol–water partition coefficient (Wildman–Crippen LogP) is 1.54. The molecule has 0 aromatic heterocycles. The van der Waals surface area contributed by atoms with E-state index < -0.39 is 0 Å². The summed E-state index contributed by atoms with van der Waals surface area (Å²) in [5.74, 6) is 0.748. The van der Waals surface area contributed by atoms with E-state index >= 15 is 0 Å². The van der Waals surface area contributed by atoms with Crippen molar-refractivity contribution in [3.63, 3.8) is 0 Å². The normalized spacial score (nSPS) is 11.7. The Balaban J connectivity index is 0.00000196. The van der Waals surface area contributed by atoms with Crippen LogP contribution in [-0.4, -0.2) is 18.8 Å². The van der Waals surface area contributed by atoms with Crippen molar-refractivity contribution in [1.29, 1.82) is 0 Å². The smallest absolute Gasteiger partial charge is 0.134 e. The molecule has 86 valence electrons. The van der Waals surface area contributed by atoms with Gasteiger partial charge in [-0.3, -0.25) is 0 Å². The van der Waals surface area contributed by atoms with Crippen molar-refractivity contribution in [2.45, 2.75) is 6.04 Å². The van der Waals surface area contributed by atoms with E-state index in [9.17, 15) is 5.11 Å². The number of phenolic OH excluding ortho intramolecular Hbond substituents is 1. The summed E-state index contributed by atoms with van der Waals surface area (Å²) in [4.78, 5) is 0. The second-order valence-corrected chi connectivity index (χ2v) is 3.74. The zero-order chi connectivity index (χ0) is 10.7. The van der Waals surface area contributed by atoms with E-state index in [0.29, 0.717) is 15.8 Å². The molecule has 1 aromatic rings. The molecule has 0 aliphatic rings. The Hall–Kier alpha value is -0.490. The van der Waals surface area contributed by atoms with Crippen LogP contribution < -0.4 is 16.2 Å². The Morgan fingerprint density at radius 2 is 2.13 bits per heavy atom. The number of methoxy groups -OCH3 is 1. The number of halogens is 2. The van der Waals surface area contributed by atoms with Crippen molar-refractivity contribution < 1.29 is 9.84 Å². The van der Waals surface area contributed by atoms with E-state index in [-0.39, 0.29) is 30.7 Å². The van der Waals surface area contributed by atoms with Gasteiger partial charge in [-0.2, -0.15) is 0 Å². The zero-order valence-electron chi connectivity index (χ0n) is 8.24. The largest absolute Gasteiger partial charge is 0.506 e. The maximum atomic E-state index is 9.68. The quantitative estimate of drug-likeness (QED) is 0.790. The first-order valence-corrected chi connectivity index (χ1v) is 4.91. The van der Waals surface area contributed by atoms with Gasteiger partial charge < -0.3 is 21.3 Å². The topological polar surface area (TPSA) is 81.5 Å². The summed E-state index contributed by atoms with van der Waals surface area (Å²) < 4.78 is 5.60.